The Labute approximate surface area is 164 Å². The van der Waals surface area contributed by atoms with Crippen molar-refractivity contribution >= 4 is 33.5 Å². The zero-order chi connectivity index (χ0) is 20.1. The lowest BCUT2D eigenvalue weighted by Crippen LogP contribution is -2.49. The van der Waals surface area contributed by atoms with Crippen LogP contribution in [0.15, 0.2) is 42.6 Å². The fraction of sp³-hybridized carbons (Fsp3) is 0.316. The van der Waals surface area contributed by atoms with Crippen LogP contribution in [-0.4, -0.2) is 60.4 Å². The summed E-state index contributed by atoms with van der Waals surface area (Å²) in [6.45, 7) is 3.34. The van der Waals surface area contributed by atoms with Crippen LogP contribution in [0.1, 0.15) is 23.0 Å². The van der Waals surface area contributed by atoms with Crippen molar-refractivity contribution in [3.63, 3.8) is 0 Å². The van der Waals surface area contributed by atoms with Gasteiger partial charge in [0.1, 0.15) is 5.82 Å². The Bertz CT molecular complexity index is 968. The van der Waals surface area contributed by atoms with Crippen LogP contribution in [0.3, 0.4) is 0 Å². The lowest BCUT2D eigenvalue weighted by Gasteiger charge is -2.34. The molecule has 0 bridgehead atoms. The molecule has 0 aliphatic carbocycles. The lowest BCUT2D eigenvalue weighted by molar-refractivity contribution is 0.104. The van der Waals surface area contributed by atoms with E-state index in [1.807, 2.05) is 35.2 Å². The van der Waals surface area contributed by atoms with Gasteiger partial charge in [0, 0.05) is 26.2 Å². The standard InChI is InChI=1S/C19H23N5O3S/c1-2-28(26,27)24-12-10-23(11-13-24)17-14-21-19(20)18(22-17)16(25)9-8-15-6-4-3-5-7-15/h3-9,14H,2,10-13H2,1H3,(H2,20,21). The number of hydrogen-bond acceptors (Lipinski definition) is 7. The average Bonchev–Trinajstić information content (AvgIpc) is 2.73. The van der Waals surface area contributed by atoms with E-state index in [0.29, 0.717) is 32.0 Å². The van der Waals surface area contributed by atoms with Gasteiger partial charge in [-0.25, -0.2) is 18.4 Å². The molecule has 0 atom stereocenters. The summed E-state index contributed by atoms with van der Waals surface area (Å²) in [4.78, 5) is 22.9. The first-order valence-corrected chi connectivity index (χ1v) is 10.6. The van der Waals surface area contributed by atoms with Gasteiger partial charge in [0.25, 0.3) is 0 Å². The van der Waals surface area contributed by atoms with Crippen molar-refractivity contribution in [2.45, 2.75) is 6.92 Å². The van der Waals surface area contributed by atoms with Gasteiger partial charge < -0.3 is 10.6 Å². The van der Waals surface area contributed by atoms with E-state index in [1.165, 1.54) is 16.6 Å². The summed E-state index contributed by atoms with van der Waals surface area (Å²) >= 11 is 0. The summed E-state index contributed by atoms with van der Waals surface area (Å²) < 4.78 is 25.4. The smallest absolute Gasteiger partial charge is 0.213 e. The lowest BCUT2D eigenvalue weighted by atomic mass is 10.1. The highest BCUT2D eigenvalue weighted by molar-refractivity contribution is 7.89. The number of nitrogens with two attached hydrogens (primary N) is 1. The third-order valence-electron chi connectivity index (χ3n) is 4.57. The number of carbonyl (C=O) groups excluding carboxylic acids is 1. The molecule has 2 heterocycles. The number of allylic oxidation sites excluding steroid dienone is 1. The molecule has 0 radical (unpaired) electrons. The molecule has 0 saturated carbocycles. The third kappa shape index (κ3) is 4.55. The van der Waals surface area contributed by atoms with Crippen LogP contribution in [0.4, 0.5) is 11.6 Å². The minimum atomic E-state index is -3.20. The van der Waals surface area contributed by atoms with Crippen molar-refractivity contribution < 1.29 is 13.2 Å². The highest BCUT2D eigenvalue weighted by atomic mass is 32.2. The zero-order valence-electron chi connectivity index (χ0n) is 15.7. The van der Waals surface area contributed by atoms with Gasteiger partial charge >= 0.3 is 0 Å². The maximum atomic E-state index is 12.5. The summed E-state index contributed by atoms with van der Waals surface area (Å²) in [5.74, 6) is 0.335. The molecule has 1 fully saturated rings. The van der Waals surface area contributed by atoms with E-state index in [9.17, 15) is 13.2 Å². The average molecular weight is 401 g/mol. The van der Waals surface area contributed by atoms with Gasteiger partial charge in [-0.15, -0.1) is 0 Å². The Hall–Kier alpha value is -2.78. The molecule has 0 spiro atoms. The number of nitrogens with zero attached hydrogens (tertiary/aromatic N) is 4. The van der Waals surface area contributed by atoms with E-state index in [1.54, 1.807) is 13.0 Å². The molecule has 9 heteroatoms. The second kappa shape index (κ2) is 8.49. The van der Waals surface area contributed by atoms with Gasteiger partial charge in [-0.3, -0.25) is 4.79 Å². The number of aromatic nitrogens is 2. The molecular weight excluding hydrogens is 378 g/mol. The molecule has 0 unspecified atom stereocenters. The number of benzene rings is 1. The molecular formula is C19H23N5O3S. The molecule has 148 valence electrons. The van der Waals surface area contributed by atoms with Crippen molar-refractivity contribution in [1.82, 2.24) is 14.3 Å². The quantitative estimate of drug-likeness (QED) is 0.576. The van der Waals surface area contributed by atoms with E-state index in [-0.39, 0.29) is 23.0 Å². The first-order valence-electron chi connectivity index (χ1n) is 9.03. The largest absolute Gasteiger partial charge is 0.382 e. The van der Waals surface area contributed by atoms with Crippen molar-refractivity contribution in [2.75, 3.05) is 42.6 Å². The van der Waals surface area contributed by atoms with Crippen molar-refractivity contribution in [3.05, 3.63) is 53.9 Å². The van der Waals surface area contributed by atoms with Crippen molar-refractivity contribution in [3.8, 4) is 0 Å². The summed E-state index contributed by atoms with van der Waals surface area (Å²) in [6.07, 6.45) is 4.63. The van der Waals surface area contributed by atoms with Crippen LogP contribution in [0, 0.1) is 0 Å². The first-order chi connectivity index (χ1) is 13.4. The van der Waals surface area contributed by atoms with Gasteiger partial charge in [-0.1, -0.05) is 36.4 Å². The van der Waals surface area contributed by atoms with E-state index < -0.39 is 10.0 Å². The van der Waals surface area contributed by atoms with Gasteiger partial charge in [0.05, 0.1) is 11.9 Å². The number of rotatable bonds is 6. The van der Waals surface area contributed by atoms with E-state index >= 15 is 0 Å². The van der Waals surface area contributed by atoms with Gasteiger partial charge in [-0.2, -0.15) is 4.31 Å². The molecule has 1 saturated heterocycles. The molecule has 8 nitrogen and oxygen atoms in total. The number of sulfonamides is 1. The number of carbonyl (C=O) groups is 1. The Morgan fingerprint density at radius 1 is 1.18 bits per heavy atom. The van der Waals surface area contributed by atoms with Gasteiger partial charge in [0.15, 0.2) is 11.5 Å². The highest BCUT2D eigenvalue weighted by Gasteiger charge is 2.26. The summed E-state index contributed by atoms with van der Waals surface area (Å²) in [7, 11) is -3.20. The molecule has 28 heavy (non-hydrogen) atoms. The van der Waals surface area contributed by atoms with Gasteiger partial charge in [0.2, 0.25) is 15.8 Å². The summed E-state index contributed by atoms with van der Waals surface area (Å²) in [5.41, 5.74) is 6.84. The minimum Gasteiger partial charge on any atom is -0.382 e. The Morgan fingerprint density at radius 2 is 1.86 bits per heavy atom. The fourth-order valence-electron chi connectivity index (χ4n) is 2.92. The van der Waals surface area contributed by atoms with E-state index in [4.69, 9.17) is 5.73 Å². The Kier molecular flexibility index (Phi) is 6.05. The van der Waals surface area contributed by atoms with Crippen LogP contribution in [0.2, 0.25) is 0 Å². The molecule has 1 aliphatic rings. The number of hydrogen-bond donors (Lipinski definition) is 1. The van der Waals surface area contributed by atoms with Crippen LogP contribution in [-0.2, 0) is 10.0 Å². The fourth-order valence-corrected chi connectivity index (χ4v) is 4.00. The van der Waals surface area contributed by atoms with Crippen molar-refractivity contribution in [1.29, 1.82) is 0 Å². The molecule has 2 N–H and O–H groups in total. The predicted octanol–water partition coefficient (Wildman–Crippen LogP) is 1.43. The number of piperazine rings is 1. The summed E-state index contributed by atoms with van der Waals surface area (Å²) in [6, 6.07) is 9.45. The van der Waals surface area contributed by atoms with E-state index in [0.717, 1.165) is 5.56 Å². The van der Waals surface area contributed by atoms with Gasteiger partial charge in [-0.05, 0) is 18.6 Å². The minimum absolute atomic E-state index is 0.0682. The summed E-state index contributed by atoms with van der Waals surface area (Å²) in [5, 5.41) is 0. The second-order valence-electron chi connectivity index (χ2n) is 6.36. The Balaban J connectivity index is 1.73. The molecule has 1 aromatic heterocycles. The Morgan fingerprint density at radius 3 is 2.50 bits per heavy atom. The number of anilines is 2. The monoisotopic (exact) mass is 401 g/mol. The zero-order valence-corrected chi connectivity index (χ0v) is 16.5. The molecule has 3 rings (SSSR count). The number of ketones is 1. The predicted molar refractivity (Wildman–Crippen MR) is 109 cm³/mol. The molecule has 0 amide bonds. The molecule has 1 aromatic carbocycles. The van der Waals surface area contributed by atoms with Crippen LogP contribution in [0.5, 0.6) is 0 Å². The van der Waals surface area contributed by atoms with Crippen LogP contribution >= 0.6 is 0 Å². The second-order valence-corrected chi connectivity index (χ2v) is 8.61. The maximum absolute atomic E-state index is 12.5. The topological polar surface area (TPSA) is 109 Å². The molecule has 1 aliphatic heterocycles. The highest BCUT2D eigenvalue weighted by Crippen LogP contribution is 2.18. The first kappa shape index (κ1) is 20.0. The third-order valence-corrected chi connectivity index (χ3v) is 6.45. The SMILES string of the molecule is CCS(=O)(=O)N1CCN(c2cnc(N)c(C(=O)C=Cc3ccccc3)n2)CC1. The van der Waals surface area contributed by atoms with E-state index in [2.05, 4.69) is 9.97 Å². The van der Waals surface area contributed by atoms with Crippen LogP contribution < -0.4 is 10.6 Å². The van der Waals surface area contributed by atoms with Crippen molar-refractivity contribution in [2.24, 2.45) is 0 Å². The normalized spacial score (nSPS) is 15.8. The maximum Gasteiger partial charge on any atom is 0.213 e. The molecule has 2 aromatic rings. The van der Waals surface area contributed by atoms with Crippen LogP contribution in [0.25, 0.3) is 6.08 Å². The number of nitrogen functional groups attached to an aromatic ring is 1.